The molecule has 3 rings (SSSR count). The maximum atomic E-state index is 13.8. The predicted molar refractivity (Wildman–Crippen MR) is 108 cm³/mol. The first-order valence-electron chi connectivity index (χ1n) is 9.85. The minimum absolute atomic E-state index is 0.0675. The molecular formula is C23H30FNO3. The molecule has 0 saturated carbocycles. The van der Waals surface area contributed by atoms with Gasteiger partial charge >= 0.3 is 0 Å². The second-order valence-corrected chi connectivity index (χ2v) is 7.86. The number of nitrogens with zero attached hydrogens (tertiary/aromatic N) is 1. The zero-order valence-corrected chi connectivity index (χ0v) is 16.9. The standard InChI is InChI=1S/C23H30FNO3/c1-17(2)23(26,14-19-13-20(24)9-10-21(19)27-3)22-16-25(11-12-28-22)15-18-7-5-4-6-8-18/h4-10,13,17,22,26H,11-12,14-16H2,1-3H3. The number of hydrogen-bond acceptors (Lipinski definition) is 4. The maximum Gasteiger partial charge on any atom is 0.123 e. The molecule has 2 atom stereocenters. The van der Waals surface area contributed by atoms with Crippen molar-refractivity contribution in [2.75, 3.05) is 26.8 Å². The molecule has 1 saturated heterocycles. The van der Waals surface area contributed by atoms with E-state index in [9.17, 15) is 9.50 Å². The Morgan fingerprint density at radius 2 is 2.00 bits per heavy atom. The normalized spacial score (nSPS) is 20.1. The molecule has 0 bridgehead atoms. The van der Waals surface area contributed by atoms with Crippen molar-refractivity contribution in [1.29, 1.82) is 0 Å². The van der Waals surface area contributed by atoms with Crippen LogP contribution >= 0.6 is 0 Å². The summed E-state index contributed by atoms with van der Waals surface area (Å²) in [6, 6.07) is 14.7. The fourth-order valence-corrected chi connectivity index (χ4v) is 3.87. The van der Waals surface area contributed by atoms with Crippen LogP contribution in [0.3, 0.4) is 0 Å². The summed E-state index contributed by atoms with van der Waals surface area (Å²) < 4.78 is 25.2. The van der Waals surface area contributed by atoms with E-state index in [1.807, 2.05) is 32.0 Å². The molecule has 28 heavy (non-hydrogen) atoms. The lowest BCUT2D eigenvalue weighted by atomic mass is 9.78. The highest BCUT2D eigenvalue weighted by atomic mass is 19.1. The van der Waals surface area contributed by atoms with Crippen molar-refractivity contribution in [2.45, 2.75) is 38.5 Å². The lowest BCUT2D eigenvalue weighted by Gasteiger charge is -2.44. The van der Waals surface area contributed by atoms with Gasteiger partial charge in [0.1, 0.15) is 11.6 Å². The van der Waals surface area contributed by atoms with E-state index in [0.717, 1.165) is 13.1 Å². The molecule has 1 heterocycles. The Morgan fingerprint density at radius 1 is 1.25 bits per heavy atom. The molecule has 1 aliphatic heterocycles. The molecule has 152 valence electrons. The molecule has 1 N–H and O–H groups in total. The Hall–Kier alpha value is -1.95. The van der Waals surface area contributed by atoms with Gasteiger partial charge in [0.15, 0.2) is 0 Å². The van der Waals surface area contributed by atoms with E-state index in [1.54, 1.807) is 13.2 Å². The molecule has 0 spiro atoms. The fourth-order valence-electron chi connectivity index (χ4n) is 3.87. The van der Waals surface area contributed by atoms with Crippen LogP contribution in [0.5, 0.6) is 5.75 Å². The number of aliphatic hydroxyl groups is 1. The zero-order chi connectivity index (χ0) is 20.1. The predicted octanol–water partition coefficient (Wildman–Crippen LogP) is 3.66. The van der Waals surface area contributed by atoms with Gasteiger partial charge in [-0.05, 0) is 35.2 Å². The van der Waals surface area contributed by atoms with Crippen LogP contribution in [-0.4, -0.2) is 48.5 Å². The van der Waals surface area contributed by atoms with Crippen molar-refractivity contribution in [1.82, 2.24) is 4.90 Å². The van der Waals surface area contributed by atoms with Crippen molar-refractivity contribution in [3.05, 3.63) is 65.5 Å². The molecular weight excluding hydrogens is 357 g/mol. The van der Waals surface area contributed by atoms with Crippen LogP contribution < -0.4 is 4.74 Å². The molecule has 1 fully saturated rings. The smallest absolute Gasteiger partial charge is 0.123 e. The first kappa shape index (κ1) is 20.8. The summed E-state index contributed by atoms with van der Waals surface area (Å²) in [5, 5.41) is 11.6. The number of methoxy groups -OCH3 is 1. The summed E-state index contributed by atoms with van der Waals surface area (Å²) in [6.07, 6.45) is -0.0898. The molecule has 0 aromatic heterocycles. The molecule has 0 aliphatic carbocycles. The van der Waals surface area contributed by atoms with Gasteiger partial charge in [0.05, 0.1) is 25.4 Å². The third-order valence-electron chi connectivity index (χ3n) is 5.67. The molecule has 4 nitrogen and oxygen atoms in total. The highest BCUT2D eigenvalue weighted by Gasteiger charge is 2.43. The number of halogens is 1. The summed E-state index contributed by atoms with van der Waals surface area (Å²) in [4.78, 5) is 2.31. The van der Waals surface area contributed by atoms with E-state index in [0.29, 0.717) is 24.5 Å². The lowest BCUT2D eigenvalue weighted by Crippen LogP contribution is -2.58. The highest BCUT2D eigenvalue weighted by molar-refractivity contribution is 5.35. The van der Waals surface area contributed by atoms with Crippen LogP contribution in [0, 0.1) is 11.7 Å². The Balaban J connectivity index is 1.79. The Bertz CT molecular complexity index is 768. The van der Waals surface area contributed by atoms with Gasteiger partial charge in [-0.25, -0.2) is 4.39 Å². The van der Waals surface area contributed by atoms with Crippen molar-refractivity contribution in [3.8, 4) is 5.75 Å². The highest BCUT2D eigenvalue weighted by Crippen LogP contribution is 2.33. The molecule has 0 radical (unpaired) electrons. The van der Waals surface area contributed by atoms with Gasteiger partial charge in [0.25, 0.3) is 0 Å². The number of rotatable bonds is 7. The topological polar surface area (TPSA) is 41.9 Å². The van der Waals surface area contributed by atoms with Gasteiger partial charge in [-0.2, -0.15) is 0 Å². The van der Waals surface area contributed by atoms with Crippen LogP contribution in [0.15, 0.2) is 48.5 Å². The molecule has 5 heteroatoms. The fraction of sp³-hybridized carbons (Fsp3) is 0.478. The molecule has 2 aromatic carbocycles. The van der Waals surface area contributed by atoms with Crippen LogP contribution in [0.1, 0.15) is 25.0 Å². The molecule has 1 aliphatic rings. The van der Waals surface area contributed by atoms with E-state index in [4.69, 9.17) is 9.47 Å². The quantitative estimate of drug-likeness (QED) is 0.787. The van der Waals surface area contributed by atoms with Crippen molar-refractivity contribution < 1.29 is 19.0 Å². The molecule has 0 amide bonds. The van der Waals surface area contributed by atoms with Gasteiger partial charge in [-0.15, -0.1) is 0 Å². The average molecular weight is 387 g/mol. The van der Waals surface area contributed by atoms with E-state index < -0.39 is 5.60 Å². The second kappa shape index (κ2) is 9.03. The van der Waals surface area contributed by atoms with Gasteiger partial charge in [-0.3, -0.25) is 4.90 Å². The van der Waals surface area contributed by atoms with E-state index in [2.05, 4.69) is 17.0 Å². The Labute approximate surface area is 166 Å². The summed E-state index contributed by atoms with van der Waals surface area (Å²) in [5.41, 5.74) is 0.765. The Kier molecular flexibility index (Phi) is 6.70. The second-order valence-electron chi connectivity index (χ2n) is 7.86. The monoisotopic (exact) mass is 387 g/mol. The van der Waals surface area contributed by atoms with Gasteiger partial charge in [-0.1, -0.05) is 44.2 Å². The Morgan fingerprint density at radius 3 is 2.68 bits per heavy atom. The van der Waals surface area contributed by atoms with Gasteiger partial charge in [0, 0.05) is 26.1 Å². The summed E-state index contributed by atoms with van der Waals surface area (Å²) in [7, 11) is 1.56. The van der Waals surface area contributed by atoms with Gasteiger partial charge in [0.2, 0.25) is 0 Å². The zero-order valence-electron chi connectivity index (χ0n) is 16.9. The minimum atomic E-state index is -1.13. The van der Waals surface area contributed by atoms with E-state index in [1.165, 1.54) is 17.7 Å². The lowest BCUT2D eigenvalue weighted by molar-refractivity contribution is -0.163. The first-order chi connectivity index (χ1) is 13.4. The van der Waals surface area contributed by atoms with E-state index >= 15 is 0 Å². The summed E-state index contributed by atoms with van der Waals surface area (Å²) >= 11 is 0. The van der Waals surface area contributed by atoms with E-state index in [-0.39, 0.29) is 24.3 Å². The summed E-state index contributed by atoms with van der Waals surface area (Å²) in [5.74, 6) is 0.178. The third-order valence-corrected chi connectivity index (χ3v) is 5.67. The molecule has 2 unspecified atom stereocenters. The van der Waals surface area contributed by atoms with Crippen molar-refractivity contribution >= 4 is 0 Å². The third kappa shape index (κ3) is 4.72. The number of morpholine rings is 1. The van der Waals surface area contributed by atoms with Crippen molar-refractivity contribution in [2.24, 2.45) is 5.92 Å². The van der Waals surface area contributed by atoms with Gasteiger partial charge < -0.3 is 14.6 Å². The first-order valence-corrected chi connectivity index (χ1v) is 9.85. The number of benzene rings is 2. The van der Waals surface area contributed by atoms with Crippen LogP contribution in [0.4, 0.5) is 4.39 Å². The van der Waals surface area contributed by atoms with Crippen LogP contribution in [-0.2, 0) is 17.7 Å². The van der Waals surface area contributed by atoms with Crippen LogP contribution in [0.2, 0.25) is 0 Å². The van der Waals surface area contributed by atoms with Crippen molar-refractivity contribution in [3.63, 3.8) is 0 Å². The SMILES string of the molecule is COc1ccc(F)cc1CC(O)(C(C)C)C1CN(Cc2ccccc2)CCO1. The number of ether oxygens (including phenoxy) is 2. The van der Waals surface area contributed by atoms with Crippen LogP contribution in [0.25, 0.3) is 0 Å². The average Bonchev–Trinajstić information content (AvgIpc) is 2.69. The minimum Gasteiger partial charge on any atom is -0.496 e. The summed E-state index contributed by atoms with van der Waals surface area (Å²) in [6.45, 7) is 6.78. The maximum absolute atomic E-state index is 13.8. The largest absolute Gasteiger partial charge is 0.496 e. The number of hydrogen-bond donors (Lipinski definition) is 1. The molecule has 2 aromatic rings.